The zero-order valence-corrected chi connectivity index (χ0v) is 10.5. The molecule has 0 aromatic carbocycles. The fourth-order valence-electron chi connectivity index (χ4n) is 1.27. The van der Waals surface area contributed by atoms with Crippen molar-refractivity contribution >= 4 is 29.3 Å². The number of hydrogen-bond donors (Lipinski definition) is 4. The van der Waals surface area contributed by atoms with Crippen LogP contribution < -0.4 is 22.3 Å². The number of primary amides is 1. The Bertz CT molecular complexity index is 377. The largest absolute Gasteiger partial charge is 0.370 e. The predicted octanol–water partition coefficient (Wildman–Crippen LogP) is 0.160. The molecule has 1 unspecified atom stereocenters. The maximum atomic E-state index is 10.8. The second kappa shape index (κ2) is 6.26. The predicted molar refractivity (Wildman–Crippen MR) is 68.5 cm³/mol. The van der Waals surface area contributed by atoms with Gasteiger partial charge in [-0.15, -0.1) is 0 Å². The average molecular weight is 256 g/mol. The molecular formula is C9H16N6OS. The van der Waals surface area contributed by atoms with Crippen LogP contribution in [0.3, 0.4) is 0 Å². The first-order valence-corrected chi connectivity index (χ1v) is 6.22. The van der Waals surface area contributed by atoms with Crippen LogP contribution in [0, 0.1) is 0 Å². The molecule has 1 aromatic heterocycles. The van der Waals surface area contributed by atoms with E-state index in [0.29, 0.717) is 16.8 Å². The Morgan fingerprint density at radius 2 is 2.18 bits per heavy atom. The molecule has 1 amide bonds. The highest BCUT2D eigenvalue weighted by molar-refractivity contribution is 7.98. The van der Waals surface area contributed by atoms with E-state index in [-0.39, 0.29) is 18.4 Å². The third kappa shape index (κ3) is 4.45. The van der Waals surface area contributed by atoms with Crippen molar-refractivity contribution in [2.75, 3.05) is 17.0 Å². The number of nitrogens with one attached hydrogen (secondary N) is 2. The third-order valence-electron chi connectivity index (χ3n) is 1.94. The first kappa shape index (κ1) is 13.5. The van der Waals surface area contributed by atoms with Crippen LogP contribution in [0.1, 0.15) is 13.3 Å². The van der Waals surface area contributed by atoms with E-state index in [1.165, 1.54) is 11.8 Å². The average Bonchev–Trinajstić information content (AvgIpc) is 2.27. The highest BCUT2D eigenvalue weighted by Gasteiger charge is 2.08. The molecule has 0 spiro atoms. The Labute approximate surface area is 104 Å². The number of carbonyl (C=O) groups is 1. The Morgan fingerprint density at radius 1 is 1.53 bits per heavy atom. The molecule has 6 N–H and O–H groups in total. The van der Waals surface area contributed by atoms with Crippen molar-refractivity contribution in [1.82, 2.24) is 9.97 Å². The number of nitrogens with two attached hydrogens (primary N) is 2. The Kier molecular flexibility index (Phi) is 4.98. The summed E-state index contributed by atoms with van der Waals surface area (Å²) in [6, 6.07) is 1.57. The van der Waals surface area contributed by atoms with Gasteiger partial charge in [-0.05, 0) is 13.2 Å². The second-order valence-corrected chi connectivity index (χ2v) is 4.26. The minimum absolute atomic E-state index is 0.0947. The zero-order chi connectivity index (χ0) is 12.8. The summed E-state index contributed by atoms with van der Waals surface area (Å²) in [6.07, 6.45) is 2.11. The Morgan fingerprint density at radius 3 is 2.71 bits per heavy atom. The van der Waals surface area contributed by atoms with Gasteiger partial charge >= 0.3 is 0 Å². The van der Waals surface area contributed by atoms with Gasteiger partial charge in [-0.3, -0.25) is 4.79 Å². The van der Waals surface area contributed by atoms with Gasteiger partial charge in [0.25, 0.3) is 0 Å². The minimum atomic E-state index is -0.360. The van der Waals surface area contributed by atoms with Crippen molar-refractivity contribution in [2.24, 2.45) is 11.6 Å². The molecule has 1 rings (SSSR count). The zero-order valence-electron chi connectivity index (χ0n) is 9.73. The van der Waals surface area contributed by atoms with Crippen molar-refractivity contribution in [1.29, 1.82) is 0 Å². The van der Waals surface area contributed by atoms with E-state index in [2.05, 4.69) is 20.7 Å². The Balaban J connectivity index is 2.79. The molecule has 0 radical (unpaired) electrons. The van der Waals surface area contributed by atoms with Crippen LogP contribution in [-0.2, 0) is 4.79 Å². The first-order valence-electron chi connectivity index (χ1n) is 4.99. The van der Waals surface area contributed by atoms with Gasteiger partial charge in [-0.2, -0.15) is 0 Å². The number of thioether (sulfide) groups is 1. The van der Waals surface area contributed by atoms with Gasteiger partial charge in [-0.1, -0.05) is 11.8 Å². The van der Waals surface area contributed by atoms with Crippen molar-refractivity contribution in [3.63, 3.8) is 0 Å². The third-order valence-corrected chi connectivity index (χ3v) is 2.49. The van der Waals surface area contributed by atoms with E-state index in [0.717, 1.165) is 0 Å². The number of aromatic nitrogens is 2. The number of rotatable bonds is 6. The molecular weight excluding hydrogens is 240 g/mol. The fraction of sp³-hybridized carbons (Fsp3) is 0.444. The molecule has 1 heterocycles. The normalized spacial score (nSPS) is 11.9. The van der Waals surface area contributed by atoms with Crippen molar-refractivity contribution in [2.45, 2.75) is 24.5 Å². The Hall–Kier alpha value is -1.54. The fourth-order valence-corrected chi connectivity index (χ4v) is 1.65. The van der Waals surface area contributed by atoms with Gasteiger partial charge in [-0.25, -0.2) is 15.8 Å². The summed E-state index contributed by atoms with van der Waals surface area (Å²) in [6.45, 7) is 1.85. The van der Waals surface area contributed by atoms with E-state index in [4.69, 9.17) is 11.6 Å². The summed E-state index contributed by atoms with van der Waals surface area (Å²) in [4.78, 5) is 19.1. The quantitative estimate of drug-likeness (QED) is 0.248. The van der Waals surface area contributed by atoms with Crippen LogP contribution in [0.2, 0.25) is 0 Å². The maximum absolute atomic E-state index is 10.8. The van der Waals surface area contributed by atoms with E-state index in [1.807, 2.05) is 13.2 Å². The van der Waals surface area contributed by atoms with E-state index >= 15 is 0 Å². The lowest BCUT2D eigenvalue weighted by molar-refractivity contribution is -0.118. The molecule has 0 saturated carbocycles. The highest BCUT2D eigenvalue weighted by atomic mass is 32.2. The molecule has 7 nitrogen and oxygen atoms in total. The number of nitrogen functional groups attached to an aromatic ring is 1. The molecule has 1 aromatic rings. The highest BCUT2D eigenvalue weighted by Crippen LogP contribution is 2.17. The van der Waals surface area contributed by atoms with Crippen LogP contribution in [0.15, 0.2) is 11.2 Å². The summed E-state index contributed by atoms with van der Waals surface area (Å²) in [5.41, 5.74) is 7.57. The van der Waals surface area contributed by atoms with Crippen LogP contribution in [0.25, 0.3) is 0 Å². The molecule has 0 bridgehead atoms. The molecule has 0 aliphatic rings. The standard InChI is InChI=1S/C9H16N6OS/c1-5(3-6(10)16)12-7-4-8(15-11)14-9(13-7)17-2/h4-5H,3,11H2,1-2H3,(H2,10,16)(H2,12,13,14,15). The van der Waals surface area contributed by atoms with Crippen LogP contribution in [0.4, 0.5) is 11.6 Å². The molecule has 0 saturated heterocycles. The van der Waals surface area contributed by atoms with Crippen molar-refractivity contribution in [3.8, 4) is 0 Å². The SMILES string of the molecule is CSc1nc(NN)cc(NC(C)CC(N)=O)n1. The van der Waals surface area contributed by atoms with Gasteiger partial charge < -0.3 is 16.5 Å². The van der Waals surface area contributed by atoms with Gasteiger partial charge in [0, 0.05) is 18.5 Å². The molecule has 0 fully saturated rings. The van der Waals surface area contributed by atoms with Crippen LogP contribution in [-0.4, -0.2) is 28.2 Å². The van der Waals surface area contributed by atoms with Gasteiger partial charge in [0.15, 0.2) is 5.16 Å². The number of hydrazine groups is 1. The number of carbonyl (C=O) groups excluding carboxylic acids is 1. The van der Waals surface area contributed by atoms with Crippen molar-refractivity contribution < 1.29 is 4.79 Å². The summed E-state index contributed by atoms with van der Waals surface area (Å²) in [5.74, 6) is 6.06. The molecule has 1 atom stereocenters. The molecule has 8 heteroatoms. The second-order valence-electron chi connectivity index (χ2n) is 3.49. The molecule has 0 aliphatic heterocycles. The van der Waals surface area contributed by atoms with Gasteiger partial charge in [0.05, 0.1) is 0 Å². The number of anilines is 2. The van der Waals surface area contributed by atoms with Crippen LogP contribution in [0.5, 0.6) is 0 Å². The smallest absolute Gasteiger partial charge is 0.219 e. The lowest BCUT2D eigenvalue weighted by atomic mass is 10.2. The van der Waals surface area contributed by atoms with E-state index < -0.39 is 0 Å². The molecule has 17 heavy (non-hydrogen) atoms. The van der Waals surface area contributed by atoms with Gasteiger partial charge in [0.2, 0.25) is 5.91 Å². The minimum Gasteiger partial charge on any atom is -0.370 e. The maximum Gasteiger partial charge on any atom is 0.219 e. The van der Waals surface area contributed by atoms with Crippen molar-refractivity contribution in [3.05, 3.63) is 6.07 Å². The molecule has 0 aliphatic carbocycles. The monoisotopic (exact) mass is 256 g/mol. The summed E-state index contributed by atoms with van der Waals surface area (Å²) in [5, 5.41) is 3.65. The summed E-state index contributed by atoms with van der Waals surface area (Å²) >= 11 is 1.40. The first-order chi connectivity index (χ1) is 8.05. The number of nitrogens with zero attached hydrogens (tertiary/aromatic N) is 2. The lowest BCUT2D eigenvalue weighted by Gasteiger charge is -2.13. The van der Waals surface area contributed by atoms with E-state index in [1.54, 1.807) is 6.07 Å². The lowest BCUT2D eigenvalue weighted by Crippen LogP contribution is -2.24. The number of hydrogen-bond acceptors (Lipinski definition) is 7. The molecule has 94 valence electrons. The topological polar surface area (TPSA) is 119 Å². The van der Waals surface area contributed by atoms with Gasteiger partial charge in [0.1, 0.15) is 11.6 Å². The van der Waals surface area contributed by atoms with Crippen LogP contribution >= 0.6 is 11.8 Å². The van der Waals surface area contributed by atoms with E-state index in [9.17, 15) is 4.79 Å². The number of amides is 1. The summed E-state index contributed by atoms with van der Waals surface area (Å²) < 4.78 is 0. The summed E-state index contributed by atoms with van der Waals surface area (Å²) in [7, 11) is 0.